The largest absolute Gasteiger partial charge is 0.494 e. The minimum absolute atomic E-state index is 0.659. The molecule has 0 fully saturated rings. The van der Waals surface area contributed by atoms with Crippen molar-refractivity contribution in [3.05, 3.63) is 65.4 Å². The highest BCUT2D eigenvalue weighted by atomic mass is 16.5. The molecule has 1 atom stereocenters. The molecule has 1 aromatic heterocycles. The van der Waals surface area contributed by atoms with Crippen molar-refractivity contribution < 1.29 is 14.6 Å². The Morgan fingerprint density at radius 2 is 2.04 bits per heavy atom. The second kappa shape index (κ2) is 7.22. The first-order chi connectivity index (χ1) is 12.7. The first-order valence-corrected chi connectivity index (χ1v) is 9.00. The predicted octanol–water partition coefficient (Wildman–Crippen LogP) is 3.45. The van der Waals surface area contributed by atoms with Gasteiger partial charge in [0.1, 0.15) is 11.8 Å². The smallest absolute Gasteiger partial charge is 0.326 e. The molecule has 26 heavy (non-hydrogen) atoms. The lowest BCUT2D eigenvalue weighted by Gasteiger charge is -2.20. The average molecular weight is 350 g/mol. The number of aromatic nitrogens is 1. The van der Waals surface area contributed by atoms with Crippen molar-refractivity contribution in [1.29, 1.82) is 0 Å². The number of aliphatic carboxylic acids is 1. The molecule has 3 N–H and O–H groups in total. The first kappa shape index (κ1) is 16.7. The van der Waals surface area contributed by atoms with E-state index in [1.165, 1.54) is 5.56 Å². The van der Waals surface area contributed by atoms with Crippen LogP contribution in [-0.4, -0.2) is 29.2 Å². The maximum absolute atomic E-state index is 11.4. The Morgan fingerprint density at radius 3 is 2.85 bits per heavy atom. The molecule has 0 amide bonds. The van der Waals surface area contributed by atoms with Crippen molar-refractivity contribution in [2.45, 2.75) is 25.3 Å². The van der Waals surface area contributed by atoms with Gasteiger partial charge >= 0.3 is 5.97 Å². The summed E-state index contributed by atoms with van der Waals surface area (Å²) in [5.41, 5.74) is 4.13. The molecular weight excluding hydrogens is 328 g/mol. The van der Waals surface area contributed by atoms with Crippen LogP contribution in [-0.2, 0) is 17.6 Å². The molecule has 0 saturated carbocycles. The number of aryl methyl sites for hydroxylation is 1. The molecule has 0 aliphatic carbocycles. The molecule has 1 aliphatic rings. The van der Waals surface area contributed by atoms with Crippen LogP contribution in [0.25, 0.3) is 10.9 Å². The minimum Gasteiger partial charge on any atom is -0.494 e. The maximum Gasteiger partial charge on any atom is 0.326 e. The predicted molar refractivity (Wildman–Crippen MR) is 101 cm³/mol. The van der Waals surface area contributed by atoms with E-state index in [1.54, 1.807) is 0 Å². The summed E-state index contributed by atoms with van der Waals surface area (Å²) in [6.07, 6.45) is 2.77. The number of carboxylic acid groups (broad SMARTS) is 1. The Bertz CT molecular complexity index is 918. The summed E-state index contributed by atoms with van der Waals surface area (Å²) in [6.45, 7) is 1.32. The van der Waals surface area contributed by atoms with Gasteiger partial charge in [0.05, 0.1) is 6.61 Å². The van der Waals surface area contributed by atoms with Crippen LogP contribution in [0.1, 0.15) is 29.3 Å². The molecule has 0 spiro atoms. The summed E-state index contributed by atoms with van der Waals surface area (Å²) < 4.78 is 5.92. The van der Waals surface area contributed by atoms with Crippen LogP contribution in [0.2, 0.25) is 0 Å². The van der Waals surface area contributed by atoms with Crippen molar-refractivity contribution in [2.75, 3.05) is 13.2 Å². The zero-order valence-electron chi connectivity index (χ0n) is 14.5. The van der Waals surface area contributed by atoms with Crippen LogP contribution in [0.4, 0.5) is 0 Å². The van der Waals surface area contributed by atoms with E-state index in [-0.39, 0.29) is 0 Å². The molecule has 4 rings (SSSR count). The molecule has 0 bridgehead atoms. The number of nitrogens with one attached hydrogen (secondary N) is 2. The highest BCUT2D eigenvalue weighted by Crippen LogP contribution is 2.32. The molecule has 1 aliphatic heterocycles. The molecule has 1 unspecified atom stereocenters. The van der Waals surface area contributed by atoms with Crippen molar-refractivity contribution in [2.24, 2.45) is 0 Å². The Kier molecular flexibility index (Phi) is 4.63. The number of H-pyrrole nitrogens is 1. The van der Waals surface area contributed by atoms with Crippen LogP contribution >= 0.6 is 0 Å². The number of hydrogen-bond donors (Lipinski definition) is 3. The molecule has 2 aromatic carbocycles. The average Bonchev–Trinajstić information content (AvgIpc) is 3.04. The summed E-state index contributed by atoms with van der Waals surface area (Å²) in [5, 5.41) is 13.5. The van der Waals surface area contributed by atoms with Gasteiger partial charge in [0.2, 0.25) is 0 Å². The Morgan fingerprint density at radius 1 is 1.19 bits per heavy atom. The van der Waals surface area contributed by atoms with E-state index in [0.29, 0.717) is 13.2 Å². The van der Waals surface area contributed by atoms with E-state index < -0.39 is 12.0 Å². The molecule has 0 radical (unpaired) electrons. The van der Waals surface area contributed by atoms with Gasteiger partial charge in [0.15, 0.2) is 0 Å². The normalized spacial score (nSPS) is 16.4. The second-order valence-electron chi connectivity index (χ2n) is 6.64. The zero-order chi connectivity index (χ0) is 17.9. The molecule has 5 heteroatoms. The monoisotopic (exact) mass is 350 g/mol. The summed E-state index contributed by atoms with van der Waals surface area (Å²) in [4.78, 5) is 14.7. The topological polar surface area (TPSA) is 74.4 Å². The van der Waals surface area contributed by atoms with Crippen LogP contribution in [0, 0.1) is 0 Å². The molecule has 2 heterocycles. The fourth-order valence-corrected chi connectivity index (χ4v) is 3.62. The van der Waals surface area contributed by atoms with Gasteiger partial charge < -0.3 is 14.8 Å². The summed E-state index contributed by atoms with van der Waals surface area (Å²) in [6, 6.07) is 15.7. The van der Waals surface area contributed by atoms with Crippen molar-refractivity contribution in [1.82, 2.24) is 10.3 Å². The second-order valence-corrected chi connectivity index (χ2v) is 6.64. The van der Waals surface area contributed by atoms with E-state index in [1.807, 2.05) is 24.3 Å². The SMILES string of the molecule is O=C(O)C1NCCc2c1[nH]c1ccc(OCCCc3ccccc3)cc21. The third-order valence-corrected chi connectivity index (χ3v) is 4.89. The van der Waals surface area contributed by atoms with Gasteiger partial charge in [0.25, 0.3) is 0 Å². The number of aromatic amines is 1. The van der Waals surface area contributed by atoms with Crippen molar-refractivity contribution in [3.8, 4) is 5.75 Å². The standard InChI is InChI=1S/C21H22N2O3/c24-21(25)20-19-16(10-11-22-20)17-13-15(8-9-18(17)23-19)26-12-4-7-14-5-2-1-3-6-14/h1-3,5-6,8-9,13,20,22-23H,4,7,10-12H2,(H,24,25). The van der Waals surface area contributed by atoms with Crippen molar-refractivity contribution in [3.63, 3.8) is 0 Å². The number of fused-ring (bicyclic) bond motifs is 3. The molecular formula is C21H22N2O3. The van der Waals surface area contributed by atoms with Gasteiger partial charge in [-0.2, -0.15) is 0 Å². The Labute approximate surface area is 152 Å². The van der Waals surface area contributed by atoms with Crippen LogP contribution in [0.5, 0.6) is 5.75 Å². The lowest BCUT2D eigenvalue weighted by Crippen LogP contribution is -2.34. The molecule has 0 saturated heterocycles. The quantitative estimate of drug-likeness (QED) is 0.595. The Hall–Kier alpha value is -2.79. The third kappa shape index (κ3) is 3.30. The van der Waals surface area contributed by atoms with E-state index in [4.69, 9.17) is 4.74 Å². The fraction of sp³-hybridized carbons (Fsp3) is 0.286. The Balaban J connectivity index is 1.46. The number of carbonyl (C=O) groups is 1. The van der Waals surface area contributed by atoms with Crippen molar-refractivity contribution >= 4 is 16.9 Å². The lowest BCUT2D eigenvalue weighted by molar-refractivity contribution is -0.139. The van der Waals surface area contributed by atoms with E-state index in [0.717, 1.165) is 47.2 Å². The number of ether oxygens (including phenoxy) is 1. The van der Waals surface area contributed by atoms with Gasteiger partial charge in [-0.25, -0.2) is 0 Å². The summed E-state index contributed by atoms with van der Waals surface area (Å²) in [5.74, 6) is -0.0207. The van der Waals surface area contributed by atoms with Gasteiger partial charge in [-0.15, -0.1) is 0 Å². The number of hydrogen-bond acceptors (Lipinski definition) is 3. The van der Waals surface area contributed by atoms with E-state index >= 15 is 0 Å². The van der Waals surface area contributed by atoms with Gasteiger partial charge in [0, 0.05) is 23.1 Å². The van der Waals surface area contributed by atoms with Gasteiger partial charge in [-0.3, -0.25) is 10.1 Å². The lowest BCUT2D eigenvalue weighted by atomic mass is 9.99. The number of benzene rings is 2. The highest BCUT2D eigenvalue weighted by Gasteiger charge is 2.28. The summed E-state index contributed by atoms with van der Waals surface area (Å²) in [7, 11) is 0. The minimum atomic E-state index is -0.852. The molecule has 5 nitrogen and oxygen atoms in total. The number of carboxylic acids is 1. The van der Waals surface area contributed by atoms with Gasteiger partial charge in [-0.05, 0) is 48.6 Å². The van der Waals surface area contributed by atoms with Crippen LogP contribution < -0.4 is 10.1 Å². The fourth-order valence-electron chi connectivity index (χ4n) is 3.62. The molecule has 3 aromatic rings. The summed E-state index contributed by atoms with van der Waals surface area (Å²) >= 11 is 0. The van der Waals surface area contributed by atoms with E-state index in [9.17, 15) is 9.90 Å². The maximum atomic E-state index is 11.4. The van der Waals surface area contributed by atoms with E-state index in [2.05, 4.69) is 34.6 Å². The number of rotatable bonds is 6. The molecule has 134 valence electrons. The third-order valence-electron chi connectivity index (χ3n) is 4.89. The zero-order valence-corrected chi connectivity index (χ0v) is 14.5. The van der Waals surface area contributed by atoms with Crippen LogP contribution in [0.15, 0.2) is 48.5 Å². The van der Waals surface area contributed by atoms with Gasteiger partial charge in [-0.1, -0.05) is 30.3 Å². The van der Waals surface area contributed by atoms with Crippen LogP contribution in [0.3, 0.4) is 0 Å². The highest BCUT2D eigenvalue weighted by molar-refractivity contribution is 5.89. The first-order valence-electron chi connectivity index (χ1n) is 9.00.